The van der Waals surface area contributed by atoms with E-state index in [0.717, 1.165) is 5.56 Å². The molecule has 1 heterocycles. The lowest BCUT2D eigenvalue weighted by atomic mass is 9.93. The molecule has 23 heavy (non-hydrogen) atoms. The lowest BCUT2D eigenvalue weighted by Gasteiger charge is -2.28. The van der Waals surface area contributed by atoms with Crippen LogP contribution in [0.5, 0.6) is 0 Å². The first-order valence-electron chi connectivity index (χ1n) is 6.72. The molecule has 0 amide bonds. The summed E-state index contributed by atoms with van der Waals surface area (Å²) in [6.45, 7) is 5.06. The van der Waals surface area contributed by atoms with Crippen LogP contribution < -0.4 is 0 Å². The quantitative estimate of drug-likeness (QED) is 0.605. The highest BCUT2D eigenvalue weighted by molar-refractivity contribution is 5.44. The summed E-state index contributed by atoms with van der Waals surface area (Å²) in [4.78, 5) is 0. The van der Waals surface area contributed by atoms with Gasteiger partial charge in [-0.2, -0.15) is 26.3 Å². The molecule has 0 radical (unpaired) electrons. The summed E-state index contributed by atoms with van der Waals surface area (Å²) in [7, 11) is 0. The minimum absolute atomic E-state index is 0.00461. The molecule has 7 heteroatoms. The van der Waals surface area contributed by atoms with Crippen molar-refractivity contribution in [3.05, 3.63) is 57.9 Å². The van der Waals surface area contributed by atoms with Crippen LogP contribution in [-0.4, -0.2) is 12.4 Å². The molecule has 0 fully saturated rings. The Morgan fingerprint density at radius 1 is 0.870 bits per heavy atom. The van der Waals surface area contributed by atoms with Crippen LogP contribution >= 0.6 is 0 Å². The number of benzene rings is 1. The maximum atomic E-state index is 12.9. The smallest absolute Gasteiger partial charge is 0.448 e. The zero-order chi connectivity index (χ0) is 17.6. The normalized spacial score (nSPS) is 19.1. The van der Waals surface area contributed by atoms with Crippen LogP contribution in [0.2, 0.25) is 0 Å². The number of ether oxygens (including phenoxy) is 1. The molecule has 1 aromatic rings. The highest BCUT2D eigenvalue weighted by Gasteiger charge is 2.44. The molecule has 1 aliphatic heterocycles. The first-order valence-corrected chi connectivity index (χ1v) is 6.72. The van der Waals surface area contributed by atoms with Crippen molar-refractivity contribution in [2.24, 2.45) is 0 Å². The van der Waals surface area contributed by atoms with Crippen LogP contribution in [0, 0.1) is 20.8 Å². The van der Waals surface area contributed by atoms with Crippen LogP contribution in [0.15, 0.2) is 35.6 Å². The Bertz CT molecular complexity index is 656. The van der Waals surface area contributed by atoms with E-state index < -0.39 is 29.8 Å². The van der Waals surface area contributed by atoms with Gasteiger partial charge in [0.15, 0.2) is 0 Å². The molecule has 0 saturated heterocycles. The van der Waals surface area contributed by atoms with Crippen LogP contribution in [0.4, 0.5) is 26.3 Å². The fourth-order valence-electron chi connectivity index (χ4n) is 2.66. The van der Waals surface area contributed by atoms with Gasteiger partial charge in [0, 0.05) is 5.56 Å². The Hall–Kier alpha value is -1.92. The van der Waals surface area contributed by atoms with Crippen molar-refractivity contribution in [2.45, 2.75) is 39.2 Å². The van der Waals surface area contributed by atoms with E-state index in [1.165, 1.54) is 0 Å². The molecule has 0 N–H and O–H groups in total. The second-order valence-electron chi connectivity index (χ2n) is 5.48. The maximum Gasteiger partial charge on any atom is 0.448 e. The molecule has 0 aliphatic carbocycles. The van der Waals surface area contributed by atoms with Gasteiger partial charge in [0.05, 0.1) is 5.57 Å². The molecule has 1 nitrogen and oxygen atoms in total. The summed E-state index contributed by atoms with van der Waals surface area (Å²) in [5, 5.41) is 0. The molecule has 0 bridgehead atoms. The Balaban J connectivity index is 2.57. The van der Waals surface area contributed by atoms with Gasteiger partial charge in [-0.1, -0.05) is 17.7 Å². The molecule has 1 aromatic carbocycles. The van der Waals surface area contributed by atoms with E-state index in [-0.39, 0.29) is 6.08 Å². The van der Waals surface area contributed by atoms with Crippen LogP contribution in [0.3, 0.4) is 0 Å². The van der Waals surface area contributed by atoms with Gasteiger partial charge < -0.3 is 4.74 Å². The topological polar surface area (TPSA) is 9.23 Å². The number of rotatable bonds is 1. The molecule has 0 saturated carbocycles. The van der Waals surface area contributed by atoms with Crippen LogP contribution in [0.1, 0.15) is 28.4 Å². The van der Waals surface area contributed by atoms with E-state index in [4.69, 9.17) is 4.74 Å². The lowest BCUT2D eigenvalue weighted by Crippen LogP contribution is -2.24. The van der Waals surface area contributed by atoms with Gasteiger partial charge in [-0.05, 0) is 44.1 Å². The summed E-state index contributed by atoms with van der Waals surface area (Å²) in [6.07, 6.45) is -10.6. The summed E-state index contributed by atoms with van der Waals surface area (Å²) < 4.78 is 82.2. The van der Waals surface area contributed by atoms with Crippen LogP contribution in [-0.2, 0) is 4.74 Å². The average Bonchev–Trinajstić information content (AvgIpc) is 2.35. The largest absolute Gasteiger partial charge is 0.477 e. The molecule has 1 unspecified atom stereocenters. The second kappa shape index (κ2) is 5.62. The van der Waals surface area contributed by atoms with Crippen molar-refractivity contribution in [3.8, 4) is 0 Å². The zero-order valence-electron chi connectivity index (χ0n) is 12.6. The molecule has 2 rings (SSSR count). The van der Waals surface area contributed by atoms with Gasteiger partial charge >= 0.3 is 12.4 Å². The predicted octanol–water partition coefficient (Wildman–Crippen LogP) is 5.62. The highest BCUT2D eigenvalue weighted by atomic mass is 19.4. The fourth-order valence-corrected chi connectivity index (χ4v) is 2.66. The second-order valence-corrected chi connectivity index (χ2v) is 5.48. The van der Waals surface area contributed by atoms with Crippen molar-refractivity contribution in [2.75, 3.05) is 0 Å². The molecular formula is C16H14F6O. The SMILES string of the molecule is Cc1cc(C)c(C2C=C(C(F)(F)F)C=C(C(F)(F)F)O2)c(C)c1. The van der Waals surface area contributed by atoms with Gasteiger partial charge in [-0.15, -0.1) is 0 Å². The molecule has 1 atom stereocenters. The highest BCUT2D eigenvalue weighted by Crippen LogP contribution is 2.42. The van der Waals surface area contributed by atoms with E-state index in [1.807, 2.05) is 0 Å². The summed E-state index contributed by atoms with van der Waals surface area (Å²) in [6, 6.07) is 3.39. The molecule has 0 spiro atoms. The number of halogens is 6. The van der Waals surface area contributed by atoms with Gasteiger partial charge in [0.1, 0.15) is 6.10 Å². The Kier molecular flexibility index (Phi) is 4.26. The predicted molar refractivity (Wildman–Crippen MR) is 72.8 cm³/mol. The van der Waals surface area contributed by atoms with Gasteiger partial charge in [0.25, 0.3) is 0 Å². The molecule has 0 aromatic heterocycles. The van der Waals surface area contributed by atoms with E-state index in [9.17, 15) is 26.3 Å². The Morgan fingerprint density at radius 3 is 1.83 bits per heavy atom. The van der Waals surface area contributed by atoms with Crippen molar-refractivity contribution in [1.82, 2.24) is 0 Å². The Morgan fingerprint density at radius 2 is 1.39 bits per heavy atom. The number of alkyl halides is 6. The van der Waals surface area contributed by atoms with Crippen molar-refractivity contribution in [3.63, 3.8) is 0 Å². The third-order valence-corrected chi connectivity index (χ3v) is 3.50. The van der Waals surface area contributed by atoms with Crippen molar-refractivity contribution in [1.29, 1.82) is 0 Å². The first-order chi connectivity index (χ1) is 10.4. The van der Waals surface area contributed by atoms with Gasteiger partial charge in [-0.25, -0.2) is 0 Å². The number of hydrogen-bond donors (Lipinski definition) is 0. The number of hydrogen-bond acceptors (Lipinski definition) is 1. The monoisotopic (exact) mass is 336 g/mol. The number of aryl methyl sites for hydroxylation is 3. The molecular weight excluding hydrogens is 322 g/mol. The van der Waals surface area contributed by atoms with Crippen LogP contribution in [0.25, 0.3) is 0 Å². The first kappa shape index (κ1) is 17.4. The summed E-state index contributed by atoms with van der Waals surface area (Å²) in [5.74, 6) is -1.64. The van der Waals surface area contributed by atoms with Crippen molar-refractivity contribution >= 4 is 0 Å². The molecule has 1 aliphatic rings. The van der Waals surface area contributed by atoms with Gasteiger partial charge in [-0.3, -0.25) is 0 Å². The maximum absolute atomic E-state index is 12.9. The minimum Gasteiger partial charge on any atom is -0.477 e. The fraction of sp³-hybridized carbons (Fsp3) is 0.375. The van der Waals surface area contributed by atoms with Gasteiger partial charge in [0.2, 0.25) is 5.76 Å². The minimum atomic E-state index is -4.99. The third-order valence-electron chi connectivity index (χ3n) is 3.50. The Labute approximate surface area is 129 Å². The third kappa shape index (κ3) is 3.71. The van der Waals surface area contributed by atoms with Crippen molar-refractivity contribution < 1.29 is 31.1 Å². The summed E-state index contributed by atoms with van der Waals surface area (Å²) >= 11 is 0. The van der Waals surface area contributed by atoms with E-state index in [0.29, 0.717) is 22.8 Å². The molecule has 126 valence electrons. The lowest BCUT2D eigenvalue weighted by molar-refractivity contribution is -0.140. The summed E-state index contributed by atoms with van der Waals surface area (Å²) in [5.41, 5.74) is 0.973. The van der Waals surface area contributed by atoms with E-state index in [2.05, 4.69) is 0 Å². The van der Waals surface area contributed by atoms with E-state index in [1.54, 1.807) is 32.9 Å². The zero-order valence-corrected chi connectivity index (χ0v) is 12.6. The standard InChI is InChI=1S/C16H14F6O/c1-8-4-9(2)14(10(3)5-8)12-6-11(15(17,18)19)7-13(23-12)16(20,21)22/h4-7,12H,1-3H3. The number of allylic oxidation sites excluding steroid dienone is 3. The average molecular weight is 336 g/mol. The van der Waals surface area contributed by atoms with E-state index >= 15 is 0 Å².